The summed E-state index contributed by atoms with van der Waals surface area (Å²) >= 11 is 3.40. The molecule has 2 aromatic rings. The van der Waals surface area contributed by atoms with Crippen molar-refractivity contribution in [3.63, 3.8) is 0 Å². The van der Waals surface area contributed by atoms with Crippen LogP contribution < -0.4 is 5.32 Å². The van der Waals surface area contributed by atoms with Crippen molar-refractivity contribution < 1.29 is 14.3 Å². The van der Waals surface area contributed by atoms with Gasteiger partial charge in [0.1, 0.15) is 0 Å². The largest absolute Gasteiger partial charge is 0.449 e. The van der Waals surface area contributed by atoms with Crippen LogP contribution in [0.25, 0.3) is 6.08 Å². The number of halogens is 1. The van der Waals surface area contributed by atoms with Crippen molar-refractivity contribution in [3.8, 4) is 0 Å². The van der Waals surface area contributed by atoms with Gasteiger partial charge >= 0.3 is 5.97 Å². The summed E-state index contributed by atoms with van der Waals surface area (Å²) in [5, 5.41) is 7.02. The van der Waals surface area contributed by atoms with Gasteiger partial charge in [-0.2, -0.15) is 5.10 Å². The Morgan fingerprint density at radius 1 is 1.31 bits per heavy atom. The van der Waals surface area contributed by atoms with Gasteiger partial charge in [-0.1, -0.05) is 6.07 Å². The molecule has 0 fully saturated rings. The quantitative estimate of drug-likeness (QED) is 0.592. The smallest absolute Gasteiger partial charge is 0.331 e. The molecule has 0 aliphatic carbocycles. The Kier molecular flexibility index (Phi) is 6.37. The first-order valence-corrected chi connectivity index (χ1v) is 8.94. The van der Waals surface area contributed by atoms with Gasteiger partial charge in [0.05, 0.1) is 11.4 Å². The van der Waals surface area contributed by atoms with Crippen LogP contribution in [-0.2, 0) is 21.4 Å². The number of carbonyl (C=O) groups excluding carboxylic acids is 2. The number of hydrogen-bond acceptors (Lipinski definition) is 4. The van der Waals surface area contributed by atoms with Crippen LogP contribution in [0.2, 0.25) is 0 Å². The number of hydrogen-bond donors (Lipinski definition) is 1. The first-order chi connectivity index (χ1) is 12.2. The van der Waals surface area contributed by atoms with Crippen LogP contribution in [0.5, 0.6) is 0 Å². The summed E-state index contributed by atoms with van der Waals surface area (Å²) in [7, 11) is 1.84. The first kappa shape index (κ1) is 19.9. The van der Waals surface area contributed by atoms with Crippen molar-refractivity contribution in [2.75, 3.05) is 5.32 Å². The normalized spacial score (nSPS) is 12.2. The number of ether oxygens (including phenoxy) is 1. The van der Waals surface area contributed by atoms with Gasteiger partial charge in [-0.3, -0.25) is 9.48 Å². The summed E-state index contributed by atoms with van der Waals surface area (Å²) in [5.41, 5.74) is 4.33. The molecule has 1 atom stereocenters. The summed E-state index contributed by atoms with van der Waals surface area (Å²) < 4.78 is 7.69. The second-order valence-corrected chi connectivity index (χ2v) is 6.95. The molecule has 0 bridgehead atoms. The zero-order valence-electron chi connectivity index (χ0n) is 15.5. The molecule has 0 unspecified atom stereocenters. The van der Waals surface area contributed by atoms with E-state index in [2.05, 4.69) is 26.3 Å². The molecular weight excluding hydrogens is 398 g/mol. The molecule has 26 heavy (non-hydrogen) atoms. The molecule has 1 aromatic heterocycles. The van der Waals surface area contributed by atoms with Crippen LogP contribution in [0.15, 0.2) is 28.7 Å². The summed E-state index contributed by atoms with van der Waals surface area (Å²) in [5.74, 6) is -0.983. The molecule has 138 valence electrons. The summed E-state index contributed by atoms with van der Waals surface area (Å²) in [6.07, 6.45) is 2.04. The molecule has 0 aliphatic heterocycles. The maximum atomic E-state index is 12.2. The van der Waals surface area contributed by atoms with E-state index in [9.17, 15) is 9.59 Å². The Balaban J connectivity index is 1.97. The number of rotatable bonds is 5. The van der Waals surface area contributed by atoms with Crippen molar-refractivity contribution in [2.45, 2.75) is 33.8 Å². The third kappa shape index (κ3) is 4.82. The Morgan fingerprint density at radius 2 is 2.00 bits per heavy atom. The molecule has 6 nitrogen and oxygen atoms in total. The third-order valence-electron chi connectivity index (χ3n) is 4.00. The van der Waals surface area contributed by atoms with E-state index < -0.39 is 18.0 Å². The lowest BCUT2D eigenvalue weighted by Gasteiger charge is -2.13. The van der Waals surface area contributed by atoms with Crippen LogP contribution in [-0.4, -0.2) is 27.8 Å². The molecule has 0 aliphatic rings. The van der Waals surface area contributed by atoms with Gasteiger partial charge in [0.25, 0.3) is 5.91 Å². The Hall–Kier alpha value is -2.41. The first-order valence-electron chi connectivity index (χ1n) is 8.15. The van der Waals surface area contributed by atoms with E-state index in [4.69, 9.17) is 4.74 Å². The van der Waals surface area contributed by atoms with Gasteiger partial charge in [-0.25, -0.2) is 4.79 Å². The zero-order valence-corrected chi connectivity index (χ0v) is 17.0. The molecule has 1 aromatic carbocycles. The van der Waals surface area contributed by atoms with Crippen molar-refractivity contribution in [3.05, 3.63) is 51.3 Å². The predicted molar refractivity (Wildman–Crippen MR) is 105 cm³/mol. The van der Waals surface area contributed by atoms with E-state index >= 15 is 0 Å². The van der Waals surface area contributed by atoms with Crippen LogP contribution in [0.1, 0.15) is 29.4 Å². The lowest BCUT2D eigenvalue weighted by Crippen LogP contribution is -2.29. The molecule has 1 N–H and O–H groups in total. The highest BCUT2D eigenvalue weighted by Gasteiger charge is 2.18. The van der Waals surface area contributed by atoms with Crippen molar-refractivity contribution in [1.29, 1.82) is 0 Å². The third-order valence-corrected chi connectivity index (χ3v) is 4.65. The Bertz CT molecular complexity index is 871. The Morgan fingerprint density at radius 3 is 2.58 bits per heavy atom. The van der Waals surface area contributed by atoms with E-state index in [1.54, 1.807) is 16.8 Å². The number of esters is 1. The minimum absolute atomic E-state index is 0.398. The van der Waals surface area contributed by atoms with Gasteiger partial charge in [0, 0.05) is 28.9 Å². The molecule has 1 heterocycles. The van der Waals surface area contributed by atoms with Crippen molar-refractivity contribution >= 4 is 39.6 Å². The highest BCUT2D eigenvalue weighted by molar-refractivity contribution is 9.10. The van der Waals surface area contributed by atoms with Gasteiger partial charge in [0.15, 0.2) is 6.10 Å². The number of nitrogens with zero attached hydrogens (tertiary/aromatic N) is 2. The number of aryl methyl sites for hydroxylation is 3. The molecule has 1 amide bonds. The molecule has 7 heteroatoms. The topological polar surface area (TPSA) is 73.2 Å². The second kappa shape index (κ2) is 8.31. The maximum Gasteiger partial charge on any atom is 0.331 e. The fraction of sp³-hybridized carbons (Fsp3) is 0.316. The second-order valence-electron chi connectivity index (χ2n) is 6.09. The number of aromatic nitrogens is 2. The fourth-order valence-corrected chi connectivity index (χ4v) is 3.00. The van der Waals surface area contributed by atoms with Crippen LogP contribution >= 0.6 is 15.9 Å². The number of anilines is 1. The zero-order chi connectivity index (χ0) is 19.4. The lowest BCUT2D eigenvalue weighted by atomic mass is 10.2. The molecule has 0 radical (unpaired) electrons. The van der Waals surface area contributed by atoms with Gasteiger partial charge < -0.3 is 10.1 Å². The number of benzene rings is 1. The van der Waals surface area contributed by atoms with Crippen LogP contribution in [0.3, 0.4) is 0 Å². The van der Waals surface area contributed by atoms with E-state index in [-0.39, 0.29) is 0 Å². The molecular formula is C19H22BrN3O3. The monoisotopic (exact) mass is 419 g/mol. The minimum atomic E-state index is -0.920. The van der Waals surface area contributed by atoms with Crippen LogP contribution in [0, 0.1) is 20.8 Å². The SMILES string of the molecule is Cc1ccc(NC(=O)[C@H](C)OC(=O)/C=C/c2c(C)nn(C)c2C)c(Br)c1. The van der Waals surface area contributed by atoms with E-state index in [0.29, 0.717) is 5.69 Å². The molecule has 0 saturated carbocycles. The standard InChI is InChI=1S/C19H22BrN3O3/c1-11-6-8-17(16(20)10-11)21-19(25)14(4)26-18(24)9-7-15-12(2)22-23(5)13(15)3/h6-10,14H,1-5H3,(H,21,25)/b9-7+/t14-/m0/s1. The fourth-order valence-electron chi connectivity index (χ4n) is 2.41. The van der Waals surface area contributed by atoms with Crippen LogP contribution in [0.4, 0.5) is 5.69 Å². The number of amides is 1. The van der Waals surface area contributed by atoms with Gasteiger partial charge in [-0.15, -0.1) is 0 Å². The van der Waals surface area contributed by atoms with Gasteiger partial charge in [-0.05, 0) is 67.4 Å². The lowest BCUT2D eigenvalue weighted by molar-refractivity contribution is -0.148. The average molecular weight is 420 g/mol. The average Bonchev–Trinajstić information content (AvgIpc) is 2.80. The van der Waals surface area contributed by atoms with Crippen molar-refractivity contribution in [2.24, 2.45) is 7.05 Å². The maximum absolute atomic E-state index is 12.2. The van der Waals surface area contributed by atoms with Gasteiger partial charge in [0.2, 0.25) is 0 Å². The number of carbonyl (C=O) groups is 2. The summed E-state index contributed by atoms with van der Waals surface area (Å²) in [6.45, 7) is 7.27. The summed E-state index contributed by atoms with van der Waals surface area (Å²) in [4.78, 5) is 24.2. The van der Waals surface area contributed by atoms with Crippen molar-refractivity contribution in [1.82, 2.24) is 9.78 Å². The molecule has 0 spiro atoms. The molecule has 0 saturated heterocycles. The highest BCUT2D eigenvalue weighted by atomic mass is 79.9. The number of nitrogens with one attached hydrogen (secondary N) is 1. The molecule has 2 rings (SSSR count). The van der Waals surface area contributed by atoms with E-state index in [1.807, 2.05) is 40.0 Å². The predicted octanol–water partition coefficient (Wildman–Crippen LogP) is 3.69. The summed E-state index contributed by atoms with van der Waals surface area (Å²) in [6, 6.07) is 5.58. The highest BCUT2D eigenvalue weighted by Crippen LogP contribution is 2.23. The minimum Gasteiger partial charge on any atom is -0.449 e. The van der Waals surface area contributed by atoms with E-state index in [0.717, 1.165) is 27.0 Å². The Labute approximate surface area is 161 Å². The van der Waals surface area contributed by atoms with E-state index in [1.165, 1.54) is 13.0 Å².